The smallest absolute Gasteiger partial charge is 0.289 e. The Balaban J connectivity index is 1.24. The van der Waals surface area contributed by atoms with Gasteiger partial charge in [-0.25, -0.2) is 0 Å². The van der Waals surface area contributed by atoms with Crippen LogP contribution >= 0.6 is 11.3 Å². The minimum atomic E-state index is -1.12. The van der Waals surface area contributed by atoms with Crippen LogP contribution in [0.2, 0.25) is 0 Å². The Bertz CT molecular complexity index is 1310. The third-order valence-corrected chi connectivity index (χ3v) is 9.53. The zero-order chi connectivity index (χ0) is 26.4. The molecule has 2 saturated carbocycles. The van der Waals surface area contributed by atoms with Gasteiger partial charge in [-0.3, -0.25) is 24.0 Å². The molecule has 2 aliphatic carbocycles. The fourth-order valence-electron chi connectivity index (χ4n) is 5.84. The second kappa shape index (κ2) is 9.80. The average Bonchev–Trinajstić information content (AvgIpc) is 3.80. The van der Waals surface area contributed by atoms with E-state index in [4.69, 9.17) is 0 Å². The fraction of sp³-hybridized carbons (Fsp3) is 0.536. The topological polar surface area (TPSA) is 125 Å². The summed E-state index contributed by atoms with van der Waals surface area (Å²) in [5.41, 5.74) is 0.637. The molecule has 3 N–H and O–H groups in total. The molecule has 200 valence electrons. The molecular formula is C28H32N4O5S. The van der Waals surface area contributed by atoms with E-state index in [1.54, 1.807) is 4.90 Å². The van der Waals surface area contributed by atoms with Crippen molar-refractivity contribution in [3.8, 4) is 0 Å². The van der Waals surface area contributed by atoms with Crippen molar-refractivity contribution < 1.29 is 24.0 Å². The van der Waals surface area contributed by atoms with Crippen LogP contribution in [0.5, 0.6) is 0 Å². The van der Waals surface area contributed by atoms with Gasteiger partial charge in [-0.2, -0.15) is 0 Å². The van der Waals surface area contributed by atoms with Crippen molar-refractivity contribution in [2.24, 2.45) is 11.3 Å². The number of fused-ring (bicyclic) bond motifs is 1. The number of nitrogens with one attached hydrogen (secondary N) is 3. The van der Waals surface area contributed by atoms with Crippen LogP contribution in [-0.2, 0) is 19.2 Å². The van der Waals surface area contributed by atoms with E-state index < -0.39 is 35.6 Å². The molecule has 38 heavy (non-hydrogen) atoms. The number of nitrogens with zero attached hydrogens (tertiary/aromatic N) is 1. The van der Waals surface area contributed by atoms with Gasteiger partial charge in [0.25, 0.3) is 11.8 Å². The van der Waals surface area contributed by atoms with E-state index in [2.05, 4.69) is 16.0 Å². The molecule has 9 nitrogen and oxygen atoms in total. The van der Waals surface area contributed by atoms with E-state index in [9.17, 15) is 24.0 Å². The van der Waals surface area contributed by atoms with Gasteiger partial charge < -0.3 is 20.9 Å². The largest absolute Gasteiger partial charge is 0.356 e. The second-order valence-electron chi connectivity index (χ2n) is 11.3. The maximum atomic E-state index is 13.8. The zero-order valence-electron chi connectivity index (χ0n) is 21.2. The van der Waals surface area contributed by atoms with Crippen molar-refractivity contribution in [1.82, 2.24) is 20.9 Å². The number of hydrogen-bond donors (Lipinski definition) is 3. The number of amides is 4. The Morgan fingerprint density at radius 1 is 1.11 bits per heavy atom. The number of carbonyl (C=O) groups excluding carboxylic acids is 5. The highest BCUT2D eigenvalue weighted by Crippen LogP contribution is 2.55. The van der Waals surface area contributed by atoms with Crippen molar-refractivity contribution >= 4 is 50.8 Å². The van der Waals surface area contributed by atoms with Crippen molar-refractivity contribution in [1.29, 1.82) is 0 Å². The minimum absolute atomic E-state index is 0.000744. The molecule has 6 rings (SSSR count). The molecule has 3 atom stereocenters. The summed E-state index contributed by atoms with van der Waals surface area (Å²) in [6, 6.07) is 5.86. The standard InChI is InChI=1S/C28H32N4O5S/c33-23(26(36)30-17-5-6-17)20(13-16-7-11-29-24(16)34)31-25(35)21-14-28(8-9-28)10-12-32(21)27(37)19-15-38-22-4-2-1-3-18(19)22/h1-4,15-17,20-21H,5-14H2,(H,29,34)(H,30,36)(H,31,35). The summed E-state index contributed by atoms with van der Waals surface area (Å²) in [4.78, 5) is 67.3. The highest BCUT2D eigenvalue weighted by atomic mass is 32.1. The average molecular weight is 537 g/mol. The Kier molecular flexibility index (Phi) is 6.45. The van der Waals surface area contributed by atoms with Gasteiger partial charge in [0.05, 0.1) is 11.6 Å². The molecule has 4 aliphatic rings. The molecule has 1 spiro atoms. The molecule has 3 unspecified atom stereocenters. The van der Waals surface area contributed by atoms with E-state index in [0.29, 0.717) is 31.5 Å². The normalized spacial score (nSPS) is 24.6. The van der Waals surface area contributed by atoms with Crippen LogP contribution in [-0.4, -0.2) is 65.5 Å². The van der Waals surface area contributed by atoms with E-state index in [1.807, 2.05) is 29.6 Å². The predicted octanol–water partition coefficient (Wildman–Crippen LogP) is 2.14. The summed E-state index contributed by atoms with van der Waals surface area (Å²) in [6.45, 7) is 0.974. The van der Waals surface area contributed by atoms with Crippen molar-refractivity contribution in [2.75, 3.05) is 13.1 Å². The lowest BCUT2D eigenvalue weighted by molar-refractivity contribution is -0.141. The fourth-order valence-corrected chi connectivity index (χ4v) is 6.77. The number of ketones is 1. The molecule has 1 aromatic carbocycles. The van der Waals surface area contributed by atoms with Crippen LogP contribution in [0.25, 0.3) is 10.1 Å². The number of hydrogen-bond acceptors (Lipinski definition) is 6. The number of rotatable bonds is 8. The molecule has 0 bridgehead atoms. The van der Waals surface area contributed by atoms with Gasteiger partial charge in [-0.15, -0.1) is 11.3 Å². The lowest BCUT2D eigenvalue weighted by Crippen LogP contribution is -2.58. The molecule has 2 aliphatic heterocycles. The maximum Gasteiger partial charge on any atom is 0.289 e. The molecule has 2 saturated heterocycles. The van der Waals surface area contributed by atoms with E-state index in [0.717, 1.165) is 42.2 Å². The third-order valence-electron chi connectivity index (χ3n) is 8.57. The Labute approximate surface area is 224 Å². The molecule has 4 fully saturated rings. The van der Waals surface area contributed by atoms with Gasteiger partial charge in [0, 0.05) is 40.5 Å². The van der Waals surface area contributed by atoms with Gasteiger partial charge in [0.1, 0.15) is 6.04 Å². The van der Waals surface area contributed by atoms with Gasteiger partial charge >= 0.3 is 0 Å². The van der Waals surface area contributed by atoms with Crippen molar-refractivity contribution in [3.63, 3.8) is 0 Å². The molecule has 2 aromatic rings. The van der Waals surface area contributed by atoms with Crippen LogP contribution in [0.15, 0.2) is 29.6 Å². The quantitative estimate of drug-likeness (QED) is 0.446. The van der Waals surface area contributed by atoms with E-state index >= 15 is 0 Å². The van der Waals surface area contributed by atoms with E-state index in [-0.39, 0.29) is 29.7 Å². The zero-order valence-corrected chi connectivity index (χ0v) is 22.0. The van der Waals surface area contributed by atoms with Gasteiger partial charge in [-0.05, 0) is 62.8 Å². The third kappa shape index (κ3) is 4.93. The first kappa shape index (κ1) is 25.0. The summed E-state index contributed by atoms with van der Waals surface area (Å²) < 4.78 is 1.01. The summed E-state index contributed by atoms with van der Waals surface area (Å²) in [6.07, 6.45) is 5.70. The summed E-state index contributed by atoms with van der Waals surface area (Å²) in [5.74, 6) is -2.70. The Morgan fingerprint density at radius 3 is 2.61 bits per heavy atom. The molecule has 3 heterocycles. The summed E-state index contributed by atoms with van der Waals surface area (Å²) in [7, 11) is 0. The van der Waals surface area contributed by atoms with Gasteiger partial charge in [-0.1, -0.05) is 18.2 Å². The number of likely N-dealkylation sites (tertiary alicyclic amines) is 1. The number of Topliss-reactive ketones (excluding diaryl/α,β-unsaturated/α-hetero) is 1. The van der Waals surface area contributed by atoms with Crippen LogP contribution < -0.4 is 16.0 Å². The molecule has 10 heteroatoms. The molecule has 1 aromatic heterocycles. The SMILES string of the molecule is O=C(NC1CC1)C(=O)C(CC1CCNC1=O)NC(=O)C1CC2(CCN1C(=O)c1csc3ccccc13)CC2. The maximum absolute atomic E-state index is 13.8. The number of benzene rings is 1. The molecular weight excluding hydrogens is 504 g/mol. The first-order chi connectivity index (χ1) is 18.3. The highest BCUT2D eigenvalue weighted by molar-refractivity contribution is 7.17. The Morgan fingerprint density at radius 2 is 1.89 bits per heavy atom. The molecule has 4 amide bonds. The molecule has 0 radical (unpaired) electrons. The predicted molar refractivity (Wildman–Crippen MR) is 141 cm³/mol. The lowest BCUT2D eigenvalue weighted by Gasteiger charge is -2.39. The van der Waals surface area contributed by atoms with Crippen LogP contribution in [0.1, 0.15) is 61.7 Å². The van der Waals surface area contributed by atoms with E-state index in [1.165, 1.54) is 11.3 Å². The van der Waals surface area contributed by atoms with Crippen molar-refractivity contribution in [2.45, 2.75) is 69.5 Å². The highest BCUT2D eigenvalue weighted by Gasteiger charge is 2.51. The monoisotopic (exact) mass is 536 g/mol. The Hall–Kier alpha value is -3.27. The first-order valence-corrected chi connectivity index (χ1v) is 14.4. The summed E-state index contributed by atoms with van der Waals surface area (Å²) >= 11 is 1.50. The van der Waals surface area contributed by atoms with Gasteiger partial charge in [0.2, 0.25) is 17.6 Å². The lowest BCUT2D eigenvalue weighted by atomic mass is 9.86. The van der Waals surface area contributed by atoms with Crippen LogP contribution in [0, 0.1) is 11.3 Å². The summed E-state index contributed by atoms with van der Waals surface area (Å²) in [5, 5.41) is 11.0. The van der Waals surface area contributed by atoms with Crippen LogP contribution in [0.3, 0.4) is 0 Å². The second-order valence-corrected chi connectivity index (χ2v) is 12.2. The number of piperidine rings is 1. The van der Waals surface area contributed by atoms with Gasteiger partial charge in [0.15, 0.2) is 0 Å². The first-order valence-electron chi connectivity index (χ1n) is 13.5. The van der Waals surface area contributed by atoms with Crippen molar-refractivity contribution in [3.05, 3.63) is 35.2 Å². The minimum Gasteiger partial charge on any atom is -0.356 e. The number of thiophene rings is 1. The van der Waals surface area contributed by atoms with Crippen LogP contribution in [0.4, 0.5) is 0 Å². The number of carbonyl (C=O) groups is 5.